The number of benzene rings is 1. The third kappa shape index (κ3) is 1.85. The molecule has 0 saturated heterocycles. The second-order valence-corrected chi connectivity index (χ2v) is 4.25. The highest BCUT2D eigenvalue weighted by Crippen LogP contribution is 2.35. The second kappa shape index (κ2) is 4.21. The summed E-state index contributed by atoms with van der Waals surface area (Å²) < 4.78 is 12.6. The van der Waals surface area contributed by atoms with Crippen molar-refractivity contribution < 1.29 is 9.47 Å². The fraction of sp³-hybridized carbons (Fsp3) is 0.333. The molecule has 0 aliphatic carbocycles. The van der Waals surface area contributed by atoms with Gasteiger partial charge in [-0.1, -0.05) is 0 Å². The first kappa shape index (κ1) is 10.9. The average molecular weight is 246 g/mol. The smallest absolute Gasteiger partial charge is 0.231 e. The van der Waals surface area contributed by atoms with E-state index >= 15 is 0 Å². The SMILES string of the molecule is CN(Cc1nncn1C)c1ccc2c(c1)OCO2. The van der Waals surface area contributed by atoms with Crippen LogP contribution >= 0.6 is 0 Å². The van der Waals surface area contributed by atoms with Crippen molar-refractivity contribution >= 4 is 5.69 Å². The molecule has 0 atom stereocenters. The van der Waals surface area contributed by atoms with E-state index in [-0.39, 0.29) is 0 Å². The maximum absolute atomic E-state index is 5.37. The van der Waals surface area contributed by atoms with E-state index in [1.54, 1.807) is 6.33 Å². The number of ether oxygens (including phenoxy) is 2. The summed E-state index contributed by atoms with van der Waals surface area (Å²) in [7, 11) is 3.94. The van der Waals surface area contributed by atoms with Gasteiger partial charge in [0.15, 0.2) is 17.3 Å². The van der Waals surface area contributed by atoms with Gasteiger partial charge in [0.1, 0.15) is 6.33 Å². The van der Waals surface area contributed by atoms with Crippen molar-refractivity contribution in [3.8, 4) is 11.5 Å². The first-order chi connectivity index (χ1) is 8.74. The fourth-order valence-corrected chi connectivity index (χ4v) is 1.88. The lowest BCUT2D eigenvalue weighted by atomic mass is 10.2. The van der Waals surface area contributed by atoms with Crippen LogP contribution in [0.4, 0.5) is 5.69 Å². The van der Waals surface area contributed by atoms with Gasteiger partial charge in [-0.05, 0) is 12.1 Å². The molecule has 94 valence electrons. The lowest BCUT2D eigenvalue weighted by Crippen LogP contribution is -2.18. The van der Waals surface area contributed by atoms with E-state index < -0.39 is 0 Å². The summed E-state index contributed by atoms with van der Waals surface area (Å²) >= 11 is 0. The normalized spacial score (nSPS) is 12.8. The first-order valence-electron chi connectivity index (χ1n) is 5.68. The molecule has 0 fully saturated rings. The van der Waals surface area contributed by atoms with E-state index in [1.807, 2.05) is 36.9 Å². The van der Waals surface area contributed by atoms with Gasteiger partial charge in [0.05, 0.1) is 6.54 Å². The van der Waals surface area contributed by atoms with Crippen LogP contribution in [0.25, 0.3) is 0 Å². The van der Waals surface area contributed by atoms with E-state index in [1.165, 1.54) is 0 Å². The van der Waals surface area contributed by atoms with Crippen LogP contribution in [-0.4, -0.2) is 28.6 Å². The number of aromatic nitrogens is 3. The molecule has 1 aliphatic rings. The molecule has 3 rings (SSSR count). The fourth-order valence-electron chi connectivity index (χ4n) is 1.88. The molecule has 0 spiro atoms. The number of hydrogen-bond donors (Lipinski definition) is 0. The predicted octanol–water partition coefficient (Wildman–Crippen LogP) is 1.18. The van der Waals surface area contributed by atoms with Crippen molar-refractivity contribution in [2.24, 2.45) is 7.05 Å². The molecule has 0 unspecified atom stereocenters. The minimum atomic E-state index is 0.297. The Labute approximate surface area is 105 Å². The molecule has 0 N–H and O–H groups in total. The molecular formula is C12H14N4O2. The predicted molar refractivity (Wildman–Crippen MR) is 65.7 cm³/mol. The standard InChI is InChI=1S/C12H14N4O2/c1-15(6-12-14-13-7-16(12)2)9-3-4-10-11(5-9)18-8-17-10/h3-5,7H,6,8H2,1-2H3. The van der Waals surface area contributed by atoms with Gasteiger partial charge >= 0.3 is 0 Å². The summed E-state index contributed by atoms with van der Waals surface area (Å²) in [5, 5.41) is 7.94. The van der Waals surface area contributed by atoms with Gasteiger partial charge in [-0.2, -0.15) is 0 Å². The van der Waals surface area contributed by atoms with Crippen LogP contribution in [0.15, 0.2) is 24.5 Å². The van der Waals surface area contributed by atoms with Gasteiger partial charge in [-0.3, -0.25) is 0 Å². The lowest BCUT2D eigenvalue weighted by molar-refractivity contribution is 0.174. The van der Waals surface area contributed by atoms with Crippen LogP contribution in [-0.2, 0) is 13.6 Å². The van der Waals surface area contributed by atoms with E-state index in [9.17, 15) is 0 Å². The number of hydrogen-bond acceptors (Lipinski definition) is 5. The minimum absolute atomic E-state index is 0.297. The summed E-state index contributed by atoms with van der Waals surface area (Å²) in [6.07, 6.45) is 1.70. The van der Waals surface area contributed by atoms with Crippen LogP contribution in [0.5, 0.6) is 11.5 Å². The largest absolute Gasteiger partial charge is 0.454 e. The molecule has 0 amide bonds. The Morgan fingerprint density at radius 3 is 2.94 bits per heavy atom. The molecule has 2 heterocycles. The van der Waals surface area contributed by atoms with Gasteiger partial charge in [0, 0.05) is 25.8 Å². The monoisotopic (exact) mass is 246 g/mol. The Bertz CT molecular complexity index is 567. The van der Waals surface area contributed by atoms with Gasteiger partial charge in [-0.25, -0.2) is 0 Å². The summed E-state index contributed by atoms with van der Waals surface area (Å²) in [6, 6.07) is 5.90. The zero-order chi connectivity index (χ0) is 12.5. The van der Waals surface area contributed by atoms with Crippen LogP contribution in [0.2, 0.25) is 0 Å². The Balaban J connectivity index is 1.80. The van der Waals surface area contributed by atoms with Crippen molar-refractivity contribution in [2.75, 3.05) is 18.7 Å². The summed E-state index contributed by atoms with van der Waals surface area (Å²) in [6.45, 7) is 0.988. The number of nitrogens with zero attached hydrogens (tertiary/aromatic N) is 4. The molecule has 0 radical (unpaired) electrons. The van der Waals surface area contributed by atoms with Gasteiger partial charge in [-0.15, -0.1) is 10.2 Å². The molecule has 6 nitrogen and oxygen atoms in total. The molecule has 1 aromatic heterocycles. The highest BCUT2D eigenvalue weighted by atomic mass is 16.7. The Hall–Kier alpha value is -2.24. The van der Waals surface area contributed by atoms with Crippen LogP contribution in [0.3, 0.4) is 0 Å². The van der Waals surface area contributed by atoms with Crippen molar-refractivity contribution in [1.82, 2.24) is 14.8 Å². The molecule has 1 aromatic carbocycles. The molecule has 2 aromatic rings. The van der Waals surface area contributed by atoms with Gasteiger partial charge in [0.2, 0.25) is 6.79 Å². The van der Waals surface area contributed by atoms with Crippen LogP contribution < -0.4 is 14.4 Å². The number of anilines is 1. The maximum atomic E-state index is 5.37. The Morgan fingerprint density at radius 1 is 1.33 bits per heavy atom. The number of aryl methyl sites for hydroxylation is 1. The summed E-state index contributed by atoms with van der Waals surface area (Å²) in [5.41, 5.74) is 1.06. The zero-order valence-electron chi connectivity index (χ0n) is 10.3. The Kier molecular flexibility index (Phi) is 2.55. The number of rotatable bonds is 3. The van der Waals surface area contributed by atoms with E-state index in [0.29, 0.717) is 13.3 Å². The summed E-state index contributed by atoms with van der Waals surface area (Å²) in [4.78, 5) is 2.09. The minimum Gasteiger partial charge on any atom is -0.454 e. The molecule has 18 heavy (non-hydrogen) atoms. The van der Waals surface area contributed by atoms with Crippen molar-refractivity contribution in [3.63, 3.8) is 0 Å². The average Bonchev–Trinajstić information content (AvgIpc) is 2.98. The van der Waals surface area contributed by atoms with E-state index in [4.69, 9.17) is 9.47 Å². The molecule has 1 aliphatic heterocycles. The second-order valence-electron chi connectivity index (χ2n) is 4.25. The van der Waals surface area contributed by atoms with Crippen molar-refractivity contribution in [2.45, 2.75) is 6.54 Å². The van der Waals surface area contributed by atoms with Crippen molar-refractivity contribution in [1.29, 1.82) is 0 Å². The molecule has 0 saturated carbocycles. The molecule has 0 bridgehead atoms. The van der Waals surface area contributed by atoms with Crippen LogP contribution in [0.1, 0.15) is 5.82 Å². The number of fused-ring (bicyclic) bond motifs is 1. The topological polar surface area (TPSA) is 52.4 Å². The molecular weight excluding hydrogens is 232 g/mol. The summed E-state index contributed by atoms with van der Waals surface area (Å²) in [5.74, 6) is 2.50. The Morgan fingerprint density at radius 2 is 2.17 bits per heavy atom. The highest BCUT2D eigenvalue weighted by molar-refractivity contribution is 5.56. The third-order valence-electron chi connectivity index (χ3n) is 2.98. The third-order valence-corrected chi connectivity index (χ3v) is 2.98. The molecule has 6 heteroatoms. The van der Waals surface area contributed by atoms with Crippen molar-refractivity contribution in [3.05, 3.63) is 30.4 Å². The van der Waals surface area contributed by atoms with E-state index in [0.717, 1.165) is 23.0 Å². The van der Waals surface area contributed by atoms with Gasteiger partial charge in [0.25, 0.3) is 0 Å². The van der Waals surface area contributed by atoms with E-state index in [2.05, 4.69) is 15.1 Å². The van der Waals surface area contributed by atoms with Crippen LogP contribution in [0, 0.1) is 0 Å². The quantitative estimate of drug-likeness (QED) is 0.814. The lowest BCUT2D eigenvalue weighted by Gasteiger charge is -2.18. The van der Waals surface area contributed by atoms with Gasteiger partial charge < -0.3 is 18.9 Å². The zero-order valence-corrected chi connectivity index (χ0v) is 10.3. The highest BCUT2D eigenvalue weighted by Gasteiger charge is 2.15. The maximum Gasteiger partial charge on any atom is 0.231 e. The first-order valence-corrected chi connectivity index (χ1v) is 5.68.